The van der Waals surface area contributed by atoms with Gasteiger partial charge in [-0.15, -0.1) is 0 Å². The molecule has 0 radical (unpaired) electrons. The van der Waals surface area contributed by atoms with Crippen LogP contribution in [0.3, 0.4) is 0 Å². The standard InChI is InChI=1S/C13H28N2O3/c1-3-5-7-14-9-10-17-11-12-18-13(16)15-8-6-4-2/h14H,3-12H2,1-2H3,(H,15,16). The van der Waals surface area contributed by atoms with Gasteiger partial charge in [-0.2, -0.15) is 0 Å². The molecule has 0 aromatic carbocycles. The van der Waals surface area contributed by atoms with Gasteiger partial charge in [0.15, 0.2) is 0 Å². The Morgan fingerprint density at radius 3 is 2.39 bits per heavy atom. The number of hydrogen-bond acceptors (Lipinski definition) is 4. The van der Waals surface area contributed by atoms with Gasteiger partial charge in [-0.25, -0.2) is 4.79 Å². The molecule has 0 aromatic rings. The van der Waals surface area contributed by atoms with Gasteiger partial charge in [0.1, 0.15) is 6.61 Å². The highest BCUT2D eigenvalue weighted by molar-refractivity contribution is 5.66. The zero-order chi connectivity index (χ0) is 13.5. The summed E-state index contributed by atoms with van der Waals surface area (Å²) in [7, 11) is 0. The summed E-state index contributed by atoms with van der Waals surface area (Å²) in [6, 6.07) is 0. The number of amides is 1. The average Bonchev–Trinajstić information content (AvgIpc) is 2.37. The second kappa shape index (κ2) is 14.3. The maximum Gasteiger partial charge on any atom is 0.407 e. The molecule has 2 N–H and O–H groups in total. The fourth-order valence-electron chi connectivity index (χ4n) is 1.28. The van der Waals surface area contributed by atoms with Crippen LogP contribution in [0, 0.1) is 0 Å². The molecule has 0 bridgehead atoms. The Hall–Kier alpha value is -0.810. The lowest BCUT2D eigenvalue weighted by atomic mass is 10.3. The van der Waals surface area contributed by atoms with E-state index >= 15 is 0 Å². The highest BCUT2D eigenvalue weighted by Crippen LogP contribution is 1.85. The largest absolute Gasteiger partial charge is 0.447 e. The number of carbonyl (C=O) groups excluding carboxylic acids is 1. The van der Waals surface area contributed by atoms with Crippen molar-refractivity contribution in [2.24, 2.45) is 0 Å². The summed E-state index contributed by atoms with van der Waals surface area (Å²) in [5, 5.41) is 5.95. The first-order valence-electron chi connectivity index (χ1n) is 7.00. The average molecular weight is 260 g/mol. The molecule has 0 spiro atoms. The molecule has 0 atom stereocenters. The summed E-state index contributed by atoms with van der Waals surface area (Å²) in [5.74, 6) is 0. The molecule has 0 fully saturated rings. The van der Waals surface area contributed by atoms with E-state index in [1.807, 2.05) is 0 Å². The van der Waals surface area contributed by atoms with E-state index in [1.165, 1.54) is 12.8 Å². The molecule has 0 aliphatic rings. The maximum absolute atomic E-state index is 11.1. The van der Waals surface area contributed by atoms with Gasteiger partial charge in [-0.05, 0) is 19.4 Å². The van der Waals surface area contributed by atoms with E-state index in [1.54, 1.807) is 0 Å². The summed E-state index contributed by atoms with van der Waals surface area (Å²) in [6.45, 7) is 8.24. The summed E-state index contributed by atoms with van der Waals surface area (Å²) >= 11 is 0. The fraction of sp³-hybridized carbons (Fsp3) is 0.923. The van der Waals surface area contributed by atoms with Crippen molar-refractivity contribution in [3.63, 3.8) is 0 Å². The lowest BCUT2D eigenvalue weighted by molar-refractivity contribution is 0.0740. The molecule has 108 valence electrons. The fourth-order valence-corrected chi connectivity index (χ4v) is 1.28. The third-order valence-electron chi connectivity index (χ3n) is 2.39. The molecule has 0 aliphatic heterocycles. The molecule has 0 unspecified atom stereocenters. The molecule has 0 aromatic heterocycles. The van der Waals surface area contributed by atoms with Crippen LogP contribution in [-0.2, 0) is 9.47 Å². The molecular weight excluding hydrogens is 232 g/mol. The van der Waals surface area contributed by atoms with Gasteiger partial charge in [-0.3, -0.25) is 0 Å². The van der Waals surface area contributed by atoms with E-state index in [2.05, 4.69) is 24.5 Å². The van der Waals surface area contributed by atoms with Gasteiger partial charge in [0.2, 0.25) is 0 Å². The van der Waals surface area contributed by atoms with Crippen molar-refractivity contribution in [3.05, 3.63) is 0 Å². The van der Waals surface area contributed by atoms with Crippen molar-refractivity contribution in [3.8, 4) is 0 Å². The van der Waals surface area contributed by atoms with Gasteiger partial charge >= 0.3 is 6.09 Å². The number of alkyl carbamates (subject to hydrolysis) is 1. The Bertz CT molecular complexity index is 189. The van der Waals surface area contributed by atoms with Gasteiger partial charge in [0, 0.05) is 13.1 Å². The molecule has 0 heterocycles. The van der Waals surface area contributed by atoms with Crippen LogP contribution >= 0.6 is 0 Å². The maximum atomic E-state index is 11.1. The highest BCUT2D eigenvalue weighted by atomic mass is 16.6. The second-order valence-electron chi connectivity index (χ2n) is 4.13. The summed E-state index contributed by atoms with van der Waals surface area (Å²) in [5.41, 5.74) is 0. The molecule has 1 amide bonds. The Morgan fingerprint density at radius 1 is 0.944 bits per heavy atom. The molecule has 5 nitrogen and oxygen atoms in total. The number of unbranched alkanes of at least 4 members (excludes halogenated alkanes) is 2. The van der Waals surface area contributed by atoms with Crippen LogP contribution in [-0.4, -0.2) is 45.5 Å². The Labute approximate surface area is 111 Å². The van der Waals surface area contributed by atoms with Crippen molar-refractivity contribution in [2.45, 2.75) is 39.5 Å². The minimum atomic E-state index is -0.354. The van der Waals surface area contributed by atoms with Crippen molar-refractivity contribution < 1.29 is 14.3 Å². The molecule has 0 rings (SSSR count). The van der Waals surface area contributed by atoms with Gasteiger partial charge in [0.05, 0.1) is 13.2 Å². The van der Waals surface area contributed by atoms with E-state index in [9.17, 15) is 4.79 Å². The SMILES string of the molecule is CCCCNCCOCCOC(=O)NCCCC. The minimum Gasteiger partial charge on any atom is -0.447 e. The number of carbonyl (C=O) groups is 1. The lowest BCUT2D eigenvalue weighted by Gasteiger charge is -2.07. The Morgan fingerprint density at radius 2 is 1.67 bits per heavy atom. The van der Waals surface area contributed by atoms with E-state index in [0.29, 0.717) is 26.4 Å². The lowest BCUT2D eigenvalue weighted by Crippen LogP contribution is -2.27. The quantitative estimate of drug-likeness (QED) is 0.526. The monoisotopic (exact) mass is 260 g/mol. The predicted molar refractivity (Wildman–Crippen MR) is 72.9 cm³/mol. The van der Waals surface area contributed by atoms with Crippen LogP contribution in [0.25, 0.3) is 0 Å². The first-order valence-corrected chi connectivity index (χ1v) is 7.00. The van der Waals surface area contributed by atoms with Crippen LogP contribution in [0.2, 0.25) is 0 Å². The molecule has 0 saturated heterocycles. The van der Waals surface area contributed by atoms with Crippen LogP contribution < -0.4 is 10.6 Å². The first kappa shape index (κ1) is 17.2. The van der Waals surface area contributed by atoms with Crippen molar-refractivity contribution in [2.75, 3.05) is 39.5 Å². The van der Waals surface area contributed by atoms with Gasteiger partial charge in [-0.1, -0.05) is 26.7 Å². The van der Waals surface area contributed by atoms with Crippen molar-refractivity contribution in [1.29, 1.82) is 0 Å². The van der Waals surface area contributed by atoms with Gasteiger partial charge in [0.25, 0.3) is 0 Å². The number of ether oxygens (including phenoxy) is 2. The van der Waals surface area contributed by atoms with Crippen LogP contribution in [0.1, 0.15) is 39.5 Å². The molecule has 0 aliphatic carbocycles. The molecule has 0 saturated carbocycles. The van der Waals surface area contributed by atoms with Crippen molar-refractivity contribution >= 4 is 6.09 Å². The minimum absolute atomic E-state index is 0.312. The zero-order valence-corrected chi connectivity index (χ0v) is 11.8. The van der Waals surface area contributed by atoms with E-state index in [4.69, 9.17) is 9.47 Å². The van der Waals surface area contributed by atoms with Crippen LogP contribution in [0.4, 0.5) is 4.79 Å². The topological polar surface area (TPSA) is 59.6 Å². The Kier molecular flexibility index (Phi) is 13.6. The Balaban J connectivity index is 3.08. The molecule has 5 heteroatoms. The molecular formula is C13H28N2O3. The van der Waals surface area contributed by atoms with Gasteiger partial charge < -0.3 is 20.1 Å². The smallest absolute Gasteiger partial charge is 0.407 e. The summed E-state index contributed by atoms with van der Waals surface area (Å²) < 4.78 is 10.3. The number of rotatable bonds is 12. The third-order valence-corrected chi connectivity index (χ3v) is 2.39. The van der Waals surface area contributed by atoms with E-state index < -0.39 is 0 Å². The summed E-state index contributed by atoms with van der Waals surface area (Å²) in [4.78, 5) is 11.1. The number of nitrogens with one attached hydrogen (secondary N) is 2. The van der Waals surface area contributed by atoms with Crippen molar-refractivity contribution in [1.82, 2.24) is 10.6 Å². The summed E-state index contributed by atoms with van der Waals surface area (Å²) in [6.07, 6.45) is 4.09. The number of hydrogen-bond donors (Lipinski definition) is 2. The van der Waals surface area contributed by atoms with Crippen LogP contribution in [0.5, 0.6) is 0 Å². The predicted octanol–water partition coefficient (Wildman–Crippen LogP) is 1.92. The van der Waals surface area contributed by atoms with E-state index in [-0.39, 0.29) is 6.09 Å². The molecule has 18 heavy (non-hydrogen) atoms. The van der Waals surface area contributed by atoms with E-state index in [0.717, 1.165) is 25.9 Å². The normalized spacial score (nSPS) is 10.3. The van der Waals surface area contributed by atoms with Crippen LogP contribution in [0.15, 0.2) is 0 Å². The first-order chi connectivity index (χ1) is 8.81. The third kappa shape index (κ3) is 13.3. The second-order valence-corrected chi connectivity index (χ2v) is 4.13. The zero-order valence-electron chi connectivity index (χ0n) is 11.8. The highest BCUT2D eigenvalue weighted by Gasteiger charge is 1.99.